The van der Waals surface area contributed by atoms with Crippen molar-refractivity contribution in [3.63, 3.8) is 0 Å². The predicted molar refractivity (Wildman–Crippen MR) is 121 cm³/mol. The van der Waals surface area contributed by atoms with Crippen LogP contribution in [0.4, 0.5) is 27.9 Å². The maximum atomic E-state index is 11.8. The number of hydrogen-bond donors (Lipinski definition) is 5. The number of rotatable bonds is 6. The minimum atomic E-state index is -0.433. The highest BCUT2D eigenvalue weighted by Gasteiger charge is 2.11. The Labute approximate surface area is 180 Å². The van der Waals surface area contributed by atoms with Gasteiger partial charge in [0.15, 0.2) is 5.65 Å². The van der Waals surface area contributed by atoms with Crippen LogP contribution in [0.1, 0.15) is 5.56 Å². The summed E-state index contributed by atoms with van der Waals surface area (Å²) < 4.78 is 0. The molecular weight excluding hydrogens is 396 g/mol. The van der Waals surface area contributed by atoms with Crippen molar-refractivity contribution in [2.45, 2.75) is 6.92 Å². The van der Waals surface area contributed by atoms with E-state index in [-0.39, 0.29) is 13.2 Å². The molecule has 1 aliphatic rings. The first-order valence-corrected chi connectivity index (χ1v) is 10.3. The molecule has 3 aromatic rings. The van der Waals surface area contributed by atoms with Gasteiger partial charge in [-0.3, -0.25) is 5.32 Å². The fraction of sp³-hybridized carbons (Fsp3) is 0.333. The number of fused-ring (bicyclic) bond motifs is 1. The number of amides is 2. The molecule has 0 atom stereocenters. The molecule has 3 heterocycles. The molecule has 10 heteroatoms. The van der Waals surface area contributed by atoms with Gasteiger partial charge in [-0.25, -0.2) is 14.8 Å². The van der Waals surface area contributed by atoms with Crippen LogP contribution in [0.15, 0.2) is 36.5 Å². The molecule has 162 valence electrons. The highest BCUT2D eigenvalue weighted by Crippen LogP contribution is 2.23. The standard InChI is InChI=1S/C21H26N8O2/c1-14-12-18(27-21(31)23-8-11-30)26-19-17(14)13-24-20(28-19)25-15-2-4-16(5-3-15)29-9-6-22-7-10-29/h2-5,12-13,22,30H,6-11H2,1H3,(H3,23,24,25,26,27,28,31). The number of aliphatic hydroxyl groups is 1. The summed E-state index contributed by atoms with van der Waals surface area (Å²) in [7, 11) is 0. The number of nitrogens with one attached hydrogen (secondary N) is 4. The largest absolute Gasteiger partial charge is 0.395 e. The van der Waals surface area contributed by atoms with E-state index in [0.29, 0.717) is 17.4 Å². The molecule has 2 amide bonds. The fourth-order valence-corrected chi connectivity index (χ4v) is 3.43. The zero-order chi connectivity index (χ0) is 21.6. The van der Waals surface area contributed by atoms with Gasteiger partial charge in [-0.05, 0) is 42.8 Å². The Hall–Kier alpha value is -3.50. The maximum Gasteiger partial charge on any atom is 0.320 e. The average Bonchev–Trinajstić information content (AvgIpc) is 2.78. The Bertz CT molecular complexity index is 1050. The van der Waals surface area contributed by atoms with Gasteiger partial charge in [-0.2, -0.15) is 4.98 Å². The van der Waals surface area contributed by atoms with Crippen LogP contribution in [0.2, 0.25) is 0 Å². The monoisotopic (exact) mass is 422 g/mol. The summed E-state index contributed by atoms with van der Waals surface area (Å²) in [6.45, 7) is 5.94. The van der Waals surface area contributed by atoms with Gasteiger partial charge in [0.2, 0.25) is 5.95 Å². The van der Waals surface area contributed by atoms with E-state index in [1.807, 2.05) is 19.1 Å². The van der Waals surface area contributed by atoms with E-state index in [4.69, 9.17) is 5.11 Å². The summed E-state index contributed by atoms with van der Waals surface area (Å²) in [5.74, 6) is 0.807. The topological polar surface area (TPSA) is 127 Å². The number of urea groups is 1. The molecule has 0 radical (unpaired) electrons. The smallest absolute Gasteiger partial charge is 0.320 e. The molecular formula is C21H26N8O2. The third kappa shape index (κ3) is 5.16. The third-order valence-corrected chi connectivity index (χ3v) is 5.02. The van der Waals surface area contributed by atoms with Gasteiger partial charge < -0.3 is 26.0 Å². The number of benzene rings is 1. The fourth-order valence-electron chi connectivity index (χ4n) is 3.43. The van der Waals surface area contributed by atoms with E-state index in [2.05, 4.69) is 53.3 Å². The van der Waals surface area contributed by atoms with Gasteiger partial charge in [0.1, 0.15) is 5.82 Å². The van der Waals surface area contributed by atoms with Crippen molar-refractivity contribution in [2.24, 2.45) is 0 Å². The van der Waals surface area contributed by atoms with Crippen LogP contribution in [-0.2, 0) is 0 Å². The van der Waals surface area contributed by atoms with Crippen LogP contribution in [0.5, 0.6) is 0 Å². The van der Waals surface area contributed by atoms with Crippen molar-refractivity contribution in [2.75, 3.05) is 54.9 Å². The molecule has 4 rings (SSSR count). The molecule has 0 bridgehead atoms. The highest BCUT2D eigenvalue weighted by molar-refractivity contribution is 5.90. The SMILES string of the molecule is Cc1cc(NC(=O)NCCO)nc2nc(Nc3ccc(N4CCNCC4)cc3)ncc12. The van der Waals surface area contributed by atoms with Crippen molar-refractivity contribution in [3.05, 3.63) is 42.1 Å². The molecule has 1 fully saturated rings. The molecule has 1 saturated heterocycles. The van der Waals surface area contributed by atoms with E-state index < -0.39 is 6.03 Å². The quantitative estimate of drug-likeness (QED) is 0.405. The Morgan fingerprint density at radius 3 is 2.71 bits per heavy atom. The summed E-state index contributed by atoms with van der Waals surface area (Å²) in [5.41, 5.74) is 3.45. The van der Waals surface area contributed by atoms with Gasteiger partial charge in [-0.1, -0.05) is 0 Å². The van der Waals surface area contributed by atoms with Gasteiger partial charge in [0, 0.05) is 55.7 Å². The molecule has 5 N–H and O–H groups in total. The number of hydrogen-bond acceptors (Lipinski definition) is 8. The molecule has 2 aromatic heterocycles. The molecule has 0 spiro atoms. The number of aromatic nitrogens is 3. The normalized spacial score (nSPS) is 13.8. The minimum absolute atomic E-state index is 0.129. The number of carbonyl (C=O) groups is 1. The van der Waals surface area contributed by atoms with E-state index in [0.717, 1.165) is 42.8 Å². The number of aliphatic hydroxyl groups excluding tert-OH is 1. The summed E-state index contributed by atoms with van der Waals surface area (Å²) in [4.78, 5) is 27.5. The Morgan fingerprint density at radius 2 is 1.97 bits per heavy atom. The van der Waals surface area contributed by atoms with Crippen LogP contribution >= 0.6 is 0 Å². The Morgan fingerprint density at radius 1 is 1.19 bits per heavy atom. The zero-order valence-corrected chi connectivity index (χ0v) is 17.4. The summed E-state index contributed by atoms with van der Waals surface area (Å²) in [6, 6.07) is 9.51. The van der Waals surface area contributed by atoms with Gasteiger partial charge >= 0.3 is 6.03 Å². The lowest BCUT2D eigenvalue weighted by Gasteiger charge is -2.29. The predicted octanol–water partition coefficient (Wildman–Crippen LogP) is 1.60. The number of carbonyl (C=O) groups excluding carboxylic acids is 1. The summed E-state index contributed by atoms with van der Waals surface area (Å²) >= 11 is 0. The molecule has 1 aromatic carbocycles. The number of aryl methyl sites for hydroxylation is 1. The number of piperazine rings is 1. The lowest BCUT2D eigenvalue weighted by molar-refractivity contribution is 0.244. The maximum absolute atomic E-state index is 11.8. The molecule has 0 unspecified atom stereocenters. The van der Waals surface area contributed by atoms with Crippen LogP contribution in [-0.4, -0.2) is 65.4 Å². The van der Waals surface area contributed by atoms with E-state index in [1.165, 1.54) is 5.69 Å². The molecule has 1 aliphatic heterocycles. The summed E-state index contributed by atoms with van der Waals surface area (Å²) in [5, 5.41) is 21.4. The van der Waals surface area contributed by atoms with Crippen molar-refractivity contribution in [1.82, 2.24) is 25.6 Å². The molecule has 31 heavy (non-hydrogen) atoms. The minimum Gasteiger partial charge on any atom is -0.395 e. The molecule has 0 aliphatic carbocycles. The van der Waals surface area contributed by atoms with Crippen LogP contribution in [0.25, 0.3) is 11.0 Å². The number of anilines is 4. The summed E-state index contributed by atoms with van der Waals surface area (Å²) in [6.07, 6.45) is 1.72. The average molecular weight is 422 g/mol. The van der Waals surface area contributed by atoms with Crippen LogP contribution in [0, 0.1) is 6.92 Å². The Kier molecular flexibility index (Phi) is 6.39. The van der Waals surface area contributed by atoms with E-state index in [9.17, 15) is 4.79 Å². The second-order valence-electron chi connectivity index (χ2n) is 7.27. The lowest BCUT2D eigenvalue weighted by Crippen LogP contribution is -2.43. The zero-order valence-electron chi connectivity index (χ0n) is 17.4. The van der Waals surface area contributed by atoms with Crippen LogP contribution < -0.4 is 26.2 Å². The first-order valence-electron chi connectivity index (χ1n) is 10.3. The first-order chi connectivity index (χ1) is 15.1. The third-order valence-electron chi connectivity index (χ3n) is 5.02. The molecule has 0 saturated carbocycles. The second kappa shape index (κ2) is 9.54. The highest BCUT2D eigenvalue weighted by atomic mass is 16.3. The van der Waals surface area contributed by atoms with Crippen molar-refractivity contribution in [3.8, 4) is 0 Å². The van der Waals surface area contributed by atoms with Crippen LogP contribution in [0.3, 0.4) is 0 Å². The van der Waals surface area contributed by atoms with Crippen molar-refractivity contribution in [1.29, 1.82) is 0 Å². The number of nitrogens with zero attached hydrogens (tertiary/aromatic N) is 4. The first kappa shape index (κ1) is 20.8. The van der Waals surface area contributed by atoms with Gasteiger partial charge in [0.05, 0.1) is 6.61 Å². The molecule has 10 nitrogen and oxygen atoms in total. The van der Waals surface area contributed by atoms with Crippen molar-refractivity contribution < 1.29 is 9.90 Å². The van der Waals surface area contributed by atoms with Gasteiger partial charge in [-0.15, -0.1) is 0 Å². The van der Waals surface area contributed by atoms with E-state index in [1.54, 1.807) is 12.3 Å². The Balaban J connectivity index is 1.49. The van der Waals surface area contributed by atoms with E-state index >= 15 is 0 Å². The lowest BCUT2D eigenvalue weighted by atomic mass is 10.2. The number of pyridine rings is 1. The second-order valence-corrected chi connectivity index (χ2v) is 7.27. The van der Waals surface area contributed by atoms with Gasteiger partial charge in [0.25, 0.3) is 0 Å². The van der Waals surface area contributed by atoms with Crippen molar-refractivity contribution >= 4 is 40.2 Å².